The zero-order valence-corrected chi connectivity index (χ0v) is 14.1. The molecule has 1 aliphatic rings. The molecule has 128 valence electrons. The molecule has 0 spiro atoms. The molecule has 5 nitrogen and oxygen atoms in total. The van der Waals surface area contributed by atoms with Crippen LogP contribution in [-0.2, 0) is 0 Å². The Hall–Kier alpha value is -2.21. The summed E-state index contributed by atoms with van der Waals surface area (Å²) in [6.07, 6.45) is 2.96. The maximum absolute atomic E-state index is 14.6. The topological polar surface area (TPSA) is 64.2 Å². The van der Waals surface area contributed by atoms with Gasteiger partial charge >= 0.3 is 0 Å². The Kier molecular flexibility index (Phi) is 4.66. The second-order valence-corrected chi connectivity index (χ2v) is 6.39. The van der Waals surface area contributed by atoms with E-state index in [-0.39, 0.29) is 11.9 Å². The summed E-state index contributed by atoms with van der Waals surface area (Å²) in [7, 11) is 0. The first-order chi connectivity index (χ1) is 11.5. The maximum atomic E-state index is 14.6. The molecule has 0 unspecified atom stereocenters. The number of nitrogens with zero attached hydrogens (tertiary/aromatic N) is 3. The summed E-state index contributed by atoms with van der Waals surface area (Å²) < 4.78 is 16.1. The van der Waals surface area contributed by atoms with Crippen LogP contribution >= 0.6 is 0 Å². The molecule has 2 N–H and O–H groups in total. The predicted molar refractivity (Wildman–Crippen MR) is 90.7 cm³/mol. The minimum Gasteiger partial charge on any atom is -0.334 e. The molecule has 2 aromatic rings. The molecular weight excluding hydrogens is 307 g/mol. The molecule has 1 saturated heterocycles. The normalized spacial score (nSPS) is 18.0. The fourth-order valence-corrected chi connectivity index (χ4v) is 3.36. The number of piperidine rings is 1. The summed E-state index contributed by atoms with van der Waals surface area (Å²) in [6, 6.07) is 6.52. The van der Waals surface area contributed by atoms with Gasteiger partial charge in [0.15, 0.2) is 0 Å². The van der Waals surface area contributed by atoms with Gasteiger partial charge in [-0.2, -0.15) is 5.10 Å². The van der Waals surface area contributed by atoms with Gasteiger partial charge in [-0.15, -0.1) is 0 Å². The number of nitrogens with two attached hydrogens (primary N) is 1. The Bertz CT molecular complexity index is 755. The molecule has 1 atom stereocenters. The van der Waals surface area contributed by atoms with Gasteiger partial charge in [0.2, 0.25) is 0 Å². The molecule has 0 radical (unpaired) electrons. The maximum Gasteiger partial charge on any atom is 0.254 e. The second-order valence-electron chi connectivity index (χ2n) is 6.39. The lowest BCUT2D eigenvalue weighted by molar-refractivity contribution is 0.0623. The van der Waals surface area contributed by atoms with E-state index in [0.717, 1.165) is 30.7 Å². The number of amides is 1. The number of aryl methyl sites for hydroxylation is 2. The number of aromatic nitrogens is 2. The number of rotatable bonds is 3. The third-order valence-electron chi connectivity index (χ3n) is 4.59. The molecule has 1 fully saturated rings. The van der Waals surface area contributed by atoms with Crippen LogP contribution in [0, 0.1) is 19.7 Å². The van der Waals surface area contributed by atoms with E-state index in [1.165, 1.54) is 6.07 Å². The van der Waals surface area contributed by atoms with Gasteiger partial charge < -0.3 is 10.6 Å². The van der Waals surface area contributed by atoms with Gasteiger partial charge in [-0.1, -0.05) is 0 Å². The molecule has 1 aromatic heterocycles. The van der Waals surface area contributed by atoms with Crippen molar-refractivity contribution in [1.29, 1.82) is 0 Å². The van der Waals surface area contributed by atoms with E-state index in [0.29, 0.717) is 24.3 Å². The van der Waals surface area contributed by atoms with Gasteiger partial charge in [-0.25, -0.2) is 9.07 Å². The molecule has 6 heteroatoms. The number of likely N-dealkylation sites (tertiary alicyclic amines) is 1. The number of carbonyl (C=O) groups excluding carboxylic acids is 1. The number of carbonyl (C=O) groups is 1. The quantitative estimate of drug-likeness (QED) is 0.941. The first kappa shape index (κ1) is 16.6. The molecule has 1 amide bonds. The molecule has 1 aromatic carbocycles. The monoisotopic (exact) mass is 330 g/mol. The van der Waals surface area contributed by atoms with Gasteiger partial charge in [0.25, 0.3) is 5.91 Å². The lowest BCUT2D eigenvalue weighted by Gasteiger charge is -2.35. The SMILES string of the molecule is Cc1cc(C)n(-c2ccc(C(=O)N3CCCC[C@H]3CN)cc2F)n1. The molecule has 0 bridgehead atoms. The van der Waals surface area contributed by atoms with Crippen LogP contribution in [0.4, 0.5) is 4.39 Å². The lowest BCUT2D eigenvalue weighted by Crippen LogP contribution is -2.47. The minimum absolute atomic E-state index is 0.0463. The average Bonchev–Trinajstić information content (AvgIpc) is 2.92. The van der Waals surface area contributed by atoms with Gasteiger partial charge in [0.1, 0.15) is 11.5 Å². The standard InChI is InChI=1S/C18H23FN4O/c1-12-9-13(2)23(21-12)17-7-6-14(10-16(17)19)18(24)22-8-4-3-5-15(22)11-20/h6-7,9-10,15H,3-5,8,11,20H2,1-2H3/t15-/m0/s1. The van der Waals surface area contributed by atoms with Crippen molar-refractivity contribution in [2.24, 2.45) is 5.73 Å². The molecule has 3 rings (SSSR count). The zero-order chi connectivity index (χ0) is 17.3. The lowest BCUT2D eigenvalue weighted by atomic mass is 10.0. The fraction of sp³-hybridized carbons (Fsp3) is 0.444. The third-order valence-corrected chi connectivity index (χ3v) is 4.59. The van der Waals surface area contributed by atoms with E-state index in [2.05, 4.69) is 5.10 Å². The summed E-state index contributed by atoms with van der Waals surface area (Å²) in [5.41, 5.74) is 8.17. The Morgan fingerprint density at radius 1 is 1.33 bits per heavy atom. The summed E-state index contributed by atoms with van der Waals surface area (Å²) in [5.74, 6) is -0.600. The van der Waals surface area contributed by atoms with Gasteiger partial charge in [-0.05, 0) is 57.4 Å². The van der Waals surface area contributed by atoms with Gasteiger partial charge in [0.05, 0.1) is 5.69 Å². The highest BCUT2D eigenvalue weighted by molar-refractivity contribution is 5.94. The van der Waals surface area contributed by atoms with Crippen molar-refractivity contribution in [3.63, 3.8) is 0 Å². The zero-order valence-electron chi connectivity index (χ0n) is 14.1. The van der Waals surface area contributed by atoms with Crippen LogP contribution in [0.1, 0.15) is 41.0 Å². The van der Waals surface area contributed by atoms with Gasteiger partial charge in [-0.3, -0.25) is 4.79 Å². The van der Waals surface area contributed by atoms with Crippen molar-refractivity contribution >= 4 is 5.91 Å². The molecule has 0 saturated carbocycles. The molecule has 24 heavy (non-hydrogen) atoms. The Morgan fingerprint density at radius 3 is 2.75 bits per heavy atom. The Morgan fingerprint density at radius 2 is 2.12 bits per heavy atom. The van der Waals surface area contributed by atoms with Crippen LogP contribution in [0.15, 0.2) is 24.3 Å². The first-order valence-electron chi connectivity index (χ1n) is 8.35. The average molecular weight is 330 g/mol. The second kappa shape index (κ2) is 6.73. The van der Waals surface area contributed by atoms with Crippen molar-refractivity contribution in [2.75, 3.05) is 13.1 Å². The minimum atomic E-state index is -0.451. The number of hydrogen-bond acceptors (Lipinski definition) is 3. The Balaban J connectivity index is 1.89. The number of halogens is 1. The van der Waals surface area contributed by atoms with E-state index in [1.54, 1.807) is 21.7 Å². The van der Waals surface area contributed by atoms with E-state index in [4.69, 9.17) is 5.73 Å². The van der Waals surface area contributed by atoms with Crippen LogP contribution in [0.25, 0.3) is 5.69 Å². The number of benzene rings is 1. The van der Waals surface area contributed by atoms with Crippen molar-refractivity contribution in [1.82, 2.24) is 14.7 Å². The molecule has 1 aliphatic heterocycles. The highest BCUT2D eigenvalue weighted by Gasteiger charge is 2.27. The summed E-state index contributed by atoms with van der Waals surface area (Å²) in [5, 5.41) is 4.30. The van der Waals surface area contributed by atoms with Crippen LogP contribution in [-0.4, -0.2) is 39.7 Å². The fourth-order valence-electron chi connectivity index (χ4n) is 3.36. The molecular formula is C18H23FN4O. The van der Waals surface area contributed by atoms with Crippen molar-refractivity contribution in [3.05, 3.63) is 47.0 Å². The van der Waals surface area contributed by atoms with Crippen LogP contribution in [0.5, 0.6) is 0 Å². The number of hydrogen-bond donors (Lipinski definition) is 1. The molecule has 2 heterocycles. The predicted octanol–water partition coefficient (Wildman–Crippen LogP) is 2.58. The van der Waals surface area contributed by atoms with E-state index < -0.39 is 5.82 Å². The van der Waals surface area contributed by atoms with Crippen LogP contribution in [0.2, 0.25) is 0 Å². The Labute approximate surface area is 141 Å². The summed E-state index contributed by atoms with van der Waals surface area (Å²) >= 11 is 0. The molecule has 0 aliphatic carbocycles. The van der Waals surface area contributed by atoms with Crippen molar-refractivity contribution in [3.8, 4) is 5.69 Å². The first-order valence-corrected chi connectivity index (χ1v) is 8.35. The highest BCUT2D eigenvalue weighted by atomic mass is 19.1. The smallest absolute Gasteiger partial charge is 0.254 e. The summed E-state index contributed by atoms with van der Waals surface area (Å²) in [6.45, 7) is 4.86. The van der Waals surface area contributed by atoms with Crippen LogP contribution in [0.3, 0.4) is 0 Å². The highest BCUT2D eigenvalue weighted by Crippen LogP contribution is 2.22. The van der Waals surface area contributed by atoms with Crippen molar-refractivity contribution in [2.45, 2.75) is 39.2 Å². The van der Waals surface area contributed by atoms with E-state index >= 15 is 0 Å². The van der Waals surface area contributed by atoms with Crippen molar-refractivity contribution < 1.29 is 9.18 Å². The largest absolute Gasteiger partial charge is 0.334 e. The van der Waals surface area contributed by atoms with E-state index in [9.17, 15) is 9.18 Å². The van der Waals surface area contributed by atoms with Crippen LogP contribution < -0.4 is 5.73 Å². The third kappa shape index (κ3) is 3.06. The van der Waals surface area contributed by atoms with Gasteiger partial charge in [0, 0.05) is 30.4 Å². The summed E-state index contributed by atoms with van der Waals surface area (Å²) in [4.78, 5) is 14.5. The van der Waals surface area contributed by atoms with E-state index in [1.807, 2.05) is 19.9 Å².